The molecule has 0 aliphatic carbocycles. The number of nitrogens with one attached hydrogen (secondary N) is 1. The molecule has 0 spiro atoms. The molecule has 1 aliphatic heterocycles. The summed E-state index contributed by atoms with van der Waals surface area (Å²) in [6.45, 7) is 3.51. The summed E-state index contributed by atoms with van der Waals surface area (Å²) in [4.78, 5) is 50.4. The molecule has 1 saturated heterocycles. The van der Waals surface area contributed by atoms with E-state index in [4.69, 9.17) is 4.74 Å². The number of ether oxygens (including phenoxy) is 2. The van der Waals surface area contributed by atoms with Crippen LogP contribution in [-0.4, -0.2) is 73.6 Å². The molecule has 27 heavy (non-hydrogen) atoms. The summed E-state index contributed by atoms with van der Waals surface area (Å²) in [6, 6.07) is 6.18. The third-order valence-electron chi connectivity index (χ3n) is 4.06. The number of benzene rings is 1. The molecule has 0 aromatic heterocycles. The van der Waals surface area contributed by atoms with Gasteiger partial charge < -0.3 is 24.6 Å². The fourth-order valence-electron chi connectivity index (χ4n) is 2.62. The summed E-state index contributed by atoms with van der Waals surface area (Å²) >= 11 is 0. The molecule has 1 aromatic rings. The number of hydrogen-bond donors (Lipinski definition) is 1. The van der Waals surface area contributed by atoms with Crippen molar-refractivity contribution in [2.75, 3.05) is 45.2 Å². The lowest BCUT2D eigenvalue weighted by Gasteiger charge is -2.34. The van der Waals surface area contributed by atoms with Gasteiger partial charge in [0.25, 0.3) is 0 Å². The van der Waals surface area contributed by atoms with Crippen molar-refractivity contribution in [1.29, 1.82) is 0 Å². The van der Waals surface area contributed by atoms with E-state index in [1.165, 1.54) is 24.1 Å². The zero-order valence-corrected chi connectivity index (χ0v) is 15.4. The minimum absolute atomic E-state index is 0.293. The van der Waals surface area contributed by atoms with Gasteiger partial charge in [0.2, 0.25) is 11.8 Å². The molecule has 2 rings (SSSR count). The molecule has 0 radical (unpaired) electrons. The Balaban J connectivity index is 1.80. The Hall–Kier alpha value is -3.10. The van der Waals surface area contributed by atoms with Gasteiger partial charge in [0, 0.05) is 31.9 Å². The van der Waals surface area contributed by atoms with Crippen LogP contribution in [0.4, 0.5) is 10.5 Å². The summed E-state index contributed by atoms with van der Waals surface area (Å²) in [6.07, 6.45) is -0.684. The number of carbonyl (C=O) groups excluding carboxylic acids is 4. The van der Waals surface area contributed by atoms with Crippen LogP contribution in [0.25, 0.3) is 0 Å². The van der Waals surface area contributed by atoms with Crippen molar-refractivity contribution in [2.45, 2.75) is 13.3 Å². The predicted octanol–water partition coefficient (Wildman–Crippen LogP) is 1.10. The van der Waals surface area contributed by atoms with E-state index in [2.05, 4.69) is 10.1 Å². The van der Waals surface area contributed by atoms with E-state index in [1.54, 1.807) is 24.0 Å². The van der Waals surface area contributed by atoms with Crippen molar-refractivity contribution in [3.05, 3.63) is 29.8 Å². The SMILES string of the molecule is CCOC(=O)N1CCN(C(=O)CC(=O)Nc2ccc(C(=O)OC)cc2)CC1. The van der Waals surface area contributed by atoms with Crippen LogP contribution in [-0.2, 0) is 19.1 Å². The minimum atomic E-state index is -0.468. The molecule has 9 heteroatoms. The molecule has 3 amide bonds. The van der Waals surface area contributed by atoms with Crippen LogP contribution in [0.2, 0.25) is 0 Å². The first-order chi connectivity index (χ1) is 12.9. The average molecular weight is 377 g/mol. The lowest BCUT2D eigenvalue weighted by molar-refractivity contribution is -0.135. The van der Waals surface area contributed by atoms with Crippen molar-refractivity contribution in [2.24, 2.45) is 0 Å². The van der Waals surface area contributed by atoms with Crippen LogP contribution in [0.1, 0.15) is 23.7 Å². The van der Waals surface area contributed by atoms with Crippen molar-refractivity contribution in [3.63, 3.8) is 0 Å². The van der Waals surface area contributed by atoms with Crippen molar-refractivity contribution < 1.29 is 28.7 Å². The first-order valence-corrected chi connectivity index (χ1v) is 8.62. The number of anilines is 1. The van der Waals surface area contributed by atoms with Gasteiger partial charge in [-0.25, -0.2) is 9.59 Å². The van der Waals surface area contributed by atoms with E-state index in [1.807, 2.05) is 0 Å². The van der Waals surface area contributed by atoms with E-state index < -0.39 is 18.0 Å². The Bertz CT molecular complexity index is 696. The van der Waals surface area contributed by atoms with E-state index in [9.17, 15) is 19.2 Å². The van der Waals surface area contributed by atoms with Crippen LogP contribution in [0, 0.1) is 0 Å². The van der Waals surface area contributed by atoms with Gasteiger partial charge >= 0.3 is 12.1 Å². The highest BCUT2D eigenvalue weighted by molar-refractivity contribution is 6.03. The maximum atomic E-state index is 12.3. The van der Waals surface area contributed by atoms with Crippen molar-refractivity contribution in [3.8, 4) is 0 Å². The highest BCUT2D eigenvalue weighted by Gasteiger charge is 2.25. The van der Waals surface area contributed by atoms with Gasteiger partial charge in [-0.3, -0.25) is 9.59 Å². The van der Waals surface area contributed by atoms with Crippen LogP contribution < -0.4 is 5.32 Å². The molecule has 1 N–H and O–H groups in total. The molecular weight excluding hydrogens is 354 g/mol. The number of hydrogen-bond acceptors (Lipinski definition) is 6. The zero-order chi connectivity index (χ0) is 19.8. The molecule has 1 aliphatic rings. The average Bonchev–Trinajstić information content (AvgIpc) is 2.68. The summed E-state index contributed by atoms with van der Waals surface area (Å²) in [5.74, 6) is -1.22. The van der Waals surface area contributed by atoms with Crippen LogP contribution in [0.3, 0.4) is 0 Å². The van der Waals surface area contributed by atoms with Gasteiger partial charge in [-0.05, 0) is 31.2 Å². The lowest BCUT2D eigenvalue weighted by Crippen LogP contribution is -2.51. The fraction of sp³-hybridized carbons (Fsp3) is 0.444. The number of nitrogens with zero attached hydrogens (tertiary/aromatic N) is 2. The largest absolute Gasteiger partial charge is 0.465 e. The number of methoxy groups -OCH3 is 1. The van der Waals surface area contributed by atoms with E-state index in [-0.39, 0.29) is 12.3 Å². The van der Waals surface area contributed by atoms with Gasteiger partial charge in [-0.15, -0.1) is 0 Å². The highest BCUT2D eigenvalue weighted by atomic mass is 16.6. The summed E-state index contributed by atoms with van der Waals surface area (Å²) in [5.41, 5.74) is 0.846. The van der Waals surface area contributed by atoms with E-state index >= 15 is 0 Å². The number of amides is 3. The minimum Gasteiger partial charge on any atom is -0.465 e. The molecule has 9 nitrogen and oxygen atoms in total. The van der Waals surface area contributed by atoms with Gasteiger partial charge in [-0.1, -0.05) is 0 Å². The molecule has 1 heterocycles. The number of piperazine rings is 1. The van der Waals surface area contributed by atoms with Crippen molar-refractivity contribution in [1.82, 2.24) is 9.80 Å². The van der Waals surface area contributed by atoms with E-state index in [0.717, 1.165) is 0 Å². The quantitative estimate of drug-likeness (QED) is 0.609. The van der Waals surface area contributed by atoms with Crippen LogP contribution in [0.15, 0.2) is 24.3 Å². The van der Waals surface area contributed by atoms with Gasteiger partial charge in [0.15, 0.2) is 0 Å². The summed E-state index contributed by atoms with van der Waals surface area (Å²) in [7, 11) is 1.29. The third-order valence-corrected chi connectivity index (χ3v) is 4.06. The first-order valence-electron chi connectivity index (χ1n) is 8.62. The Kier molecular flexibility index (Phi) is 7.16. The zero-order valence-electron chi connectivity index (χ0n) is 15.4. The Morgan fingerprint density at radius 2 is 1.59 bits per heavy atom. The lowest BCUT2D eigenvalue weighted by atomic mass is 10.2. The maximum absolute atomic E-state index is 12.3. The highest BCUT2D eigenvalue weighted by Crippen LogP contribution is 2.12. The topological polar surface area (TPSA) is 105 Å². The Morgan fingerprint density at radius 1 is 1.00 bits per heavy atom. The summed E-state index contributed by atoms with van der Waals surface area (Å²) < 4.78 is 9.53. The number of rotatable bonds is 5. The Labute approximate surface area is 157 Å². The molecule has 0 bridgehead atoms. The Morgan fingerprint density at radius 3 is 2.15 bits per heavy atom. The molecular formula is C18H23N3O6. The second-order valence-corrected chi connectivity index (χ2v) is 5.86. The molecule has 0 unspecified atom stereocenters. The fourth-order valence-corrected chi connectivity index (χ4v) is 2.62. The van der Waals surface area contributed by atoms with Crippen molar-refractivity contribution >= 4 is 29.6 Å². The second-order valence-electron chi connectivity index (χ2n) is 5.86. The standard InChI is InChI=1S/C18H23N3O6/c1-3-27-18(25)21-10-8-20(9-11-21)16(23)12-15(22)19-14-6-4-13(5-7-14)17(24)26-2/h4-7H,3,8-12H2,1-2H3,(H,19,22). The second kappa shape index (κ2) is 9.56. The number of esters is 1. The molecule has 1 aromatic carbocycles. The predicted molar refractivity (Wildman–Crippen MR) is 96.2 cm³/mol. The molecule has 0 atom stereocenters. The van der Waals surface area contributed by atoms with E-state index in [0.29, 0.717) is 44.0 Å². The van der Waals surface area contributed by atoms with Gasteiger partial charge in [0.05, 0.1) is 19.3 Å². The van der Waals surface area contributed by atoms with Crippen LogP contribution >= 0.6 is 0 Å². The smallest absolute Gasteiger partial charge is 0.409 e. The summed E-state index contributed by atoms with van der Waals surface area (Å²) in [5, 5.41) is 2.62. The first kappa shape index (κ1) is 20.2. The molecule has 0 saturated carbocycles. The monoisotopic (exact) mass is 377 g/mol. The molecule has 1 fully saturated rings. The van der Waals surface area contributed by atoms with Gasteiger partial charge in [0.1, 0.15) is 6.42 Å². The van der Waals surface area contributed by atoms with Crippen LogP contribution in [0.5, 0.6) is 0 Å². The molecule has 146 valence electrons. The third kappa shape index (κ3) is 5.70. The van der Waals surface area contributed by atoms with Gasteiger partial charge in [-0.2, -0.15) is 0 Å². The normalized spacial score (nSPS) is 13.7. The maximum Gasteiger partial charge on any atom is 0.409 e. The number of carbonyl (C=O) groups is 4.